The molecule has 0 saturated carbocycles. The summed E-state index contributed by atoms with van der Waals surface area (Å²) in [7, 11) is 0. The molecule has 0 saturated heterocycles. The van der Waals surface area contributed by atoms with Gasteiger partial charge < -0.3 is 5.11 Å². The molecule has 0 atom stereocenters. The van der Waals surface area contributed by atoms with Gasteiger partial charge in [0.05, 0.1) is 39.2 Å². The average Bonchev–Trinajstić information content (AvgIpc) is 3.18. The normalized spacial score (nSPS) is 10.9. The minimum absolute atomic E-state index is 0.157. The van der Waals surface area contributed by atoms with E-state index in [1.807, 2.05) is 24.5 Å². The second-order valence-corrected chi connectivity index (χ2v) is 6.92. The fraction of sp³-hybridized carbons (Fsp3) is 0.105. The van der Waals surface area contributed by atoms with Crippen molar-refractivity contribution >= 4 is 29.2 Å². The number of hydrazone groups is 1. The Bertz CT molecular complexity index is 1350. The monoisotopic (exact) mass is 469 g/mol. The average molecular weight is 469 g/mol. The molecule has 3 aromatic rings. The highest BCUT2D eigenvalue weighted by Gasteiger charge is 2.26. The molecular weight excluding hydrogens is 454 g/mol. The molecule has 3 rings (SSSR count). The highest BCUT2D eigenvalue weighted by molar-refractivity contribution is 5.97. The molecule has 1 heterocycles. The smallest absolute Gasteiger partial charge is 0.320 e. The molecule has 0 bridgehead atoms. The summed E-state index contributed by atoms with van der Waals surface area (Å²) in [5, 5.41) is 50.7. The molecule has 1 amide bonds. The maximum absolute atomic E-state index is 12.4. The van der Waals surface area contributed by atoms with Crippen LogP contribution in [0.3, 0.4) is 0 Å². The Balaban J connectivity index is 1.84. The van der Waals surface area contributed by atoms with Crippen LogP contribution in [-0.4, -0.2) is 41.8 Å². The van der Waals surface area contributed by atoms with Crippen molar-refractivity contribution in [2.75, 3.05) is 0 Å². The third kappa shape index (κ3) is 5.16. The lowest BCUT2D eigenvalue weighted by Gasteiger charge is -2.02. The van der Waals surface area contributed by atoms with Gasteiger partial charge in [-0.05, 0) is 12.5 Å². The Morgan fingerprint density at radius 3 is 2.44 bits per heavy atom. The van der Waals surface area contributed by atoms with Crippen molar-refractivity contribution in [2.45, 2.75) is 13.5 Å². The van der Waals surface area contributed by atoms with E-state index >= 15 is 0 Å². The van der Waals surface area contributed by atoms with E-state index < -0.39 is 54.7 Å². The summed E-state index contributed by atoms with van der Waals surface area (Å²) in [5.41, 5.74) is 0.518. The van der Waals surface area contributed by atoms with Crippen molar-refractivity contribution in [1.29, 1.82) is 0 Å². The Morgan fingerprint density at radius 1 is 1.12 bits per heavy atom. The van der Waals surface area contributed by atoms with Crippen LogP contribution >= 0.6 is 0 Å². The molecule has 0 aliphatic rings. The van der Waals surface area contributed by atoms with Crippen molar-refractivity contribution in [3.8, 4) is 5.75 Å². The van der Waals surface area contributed by atoms with Crippen LogP contribution < -0.4 is 5.43 Å². The molecule has 34 heavy (non-hydrogen) atoms. The van der Waals surface area contributed by atoms with Crippen LogP contribution in [-0.2, 0) is 6.54 Å². The van der Waals surface area contributed by atoms with Crippen LogP contribution in [0.5, 0.6) is 5.75 Å². The maximum Gasteiger partial charge on any atom is 0.320 e. The number of non-ortho nitro benzene ring substituents is 1. The number of benzene rings is 2. The molecular formula is C19H15N7O8. The van der Waals surface area contributed by atoms with Crippen molar-refractivity contribution in [3.05, 3.63) is 95.3 Å². The molecule has 0 spiro atoms. The minimum Gasteiger partial charge on any atom is -0.502 e. The molecule has 0 aliphatic heterocycles. The van der Waals surface area contributed by atoms with Crippen LogP contribution in [0.2, 0.25) is 0 Å². The second-order valence-electron chi connectivity index (χ2n) is 6.92. The third-order valence-corrected chi connectivity index (χ3v) is 4.46. The van der Waals surface area contributed by atoms with Crippen molar-refractivity contribution in [1.82, 2.24) is 15.2 Å². The molecule has 1 aromatic heterocycles. The first-order valence-corrected chi connectivity index (χ1v) is 9.33. The van der Waals surface area contributed by atoms with E-state index in [9.17, 15) is 40.2 Å². The number of nitrogens with one attached hydrogen (secondary N) is 1. The topological polar surface area (TPSA) is 209 Å². The predicted molar refractivity (Wildman–Crippen MR) is 116 cm³/mol. The van der Waals surface area contributed by atoms with Crippen molar-refractivity contribution in [2.24, 2.45) is 5.10 Å². The lowest BCUT2D eigenvalue weighted by atomic mass is 10.1. The first kappa shape index (κ1) is 23.5. The molecule has 174 valence electrons. The van der Waals surface area contributed by atoms with Crippen LogP contribution in [0.4, 0.5) is 17.1 Å². The first-order chi connectivity index (χ1) is 16.1. The van der Waals surface area contributed by atoms with Gasteiger partial charge in [0.25, 0.3) is 11.6 Å². The number of carbonyl (C=O) groups excluding carboxylic acids is 1. The number of amides is 1. The molecule has 2 N–H and O–H groups in total. The number of carbonyl (C=O) groups is 1. The SMILES string of the molecule is Cc1cccc(Cn2cc([N+](=O)[O-])c(C(=O)NN=Cc3cc([N+](=O)[O-])cc([N+](=O)[O-])c3O)n2)c1. The van der Waals surface area contributed by atoms with Gasteiger partial charge >= 0.3 is 11.4 Å². The van der Waals surface area contributed by atoms with Gasteiger partial charge in [0.1, 0.15) is 6.20 Å². The van der Waals surface area contributed by atoms with Gasteiger partial charge in [0.15, 0.2) is 0 Å². The Kier molecular flexibility index (Phi) is 6.56. The lowest BCUT2D eigenvalue weighted by molar-refractivity contribution is -0.394. The zero-order valence-corrected chi connectivity index (χ0v) is 17.3. The zero-order valence-electron chi connectivity index (χ0n) is 17.3. The second kappa shape index (κ2) is 9.51. The van der Waals surface area contributed by atoms with Crippen LogP contribution in [0, 0.1) is 37.3 Å². The van der Waals surface area contributed by atoms with E-state index in [-0.39, 0.29) is 6.54 Å². The number of aryl methyl sites for hydroxylation is 1. The standard InChI is InChI=1S/C19H15N7O8/c1-11-3-2-4-12(5-11)9-23-10-16(26(33)34)17(22-23)19(28)21-20-8-13-6-14(24(29)30)7-15(18(13)27)25(31)32/h2-8,10,27H,9H2,1H3,(H,21,28). The fourth-order valence-electron chi connectivity index (χ4n) is 2.97. The van der Waals surface area contributed by atoms with Crippen LogP contribution in [0.25, 0.3) is 0 Å². The van der Waals surface area contributed by atoms with Gasteiger partial charge in [-0.25, -0.2) is 5.43 Å². The van der Waals surface area contributed by atoms with E-state index in [0.29, 0.717) is 6.07 Å². The maximum atomic E-state index is 12.4. The van der Waals surface area contributed by atoms with Gasteiger partial charge in [-0.3, -0.25) is 39.8 Å². The van der Waals surface area contributed by atoms with E-state index in [4.69, 9.17) is 0 Å². The molecule has 0 radical (unpaired) electrons. The number of aromatic nitrogens is 2. The predicted octanol–water partition coefficient (Wildman–Crippen LogP) is 2.43. The summed E-state index contributed by atoms with van der Waals surface area (Å²) >= 11 is 0. The summed E-state index contributed by atoms with van der Waals surface area (Å²) in [5.74, 6) is -1.99. The molecule has 2 aromatic carbocycles. The number of hydrogen-bond donors (Lipinski definition) is 2. The van der Waals surface area contributed by atoms with Gasteiger partial charge in [0, 0.05) is 6.07 Å². The third-order valence-electron chi connectivity index (χ3n) is 4.46. The van der Waals surface area contributed by atoms with E-state index in [1.54, 1.807) is 12.1 Å². The van der Waals surface area contributed by atoms with Crippen LogP contribution in [0.15, 0.2) is 47.7 Å². The summed E-state index contributed by atoms with van der Waals surface area (Å²) in [6.45, 7) is 2.03. The van der Waals surface area contributed by atoms with Crippen molar-refractivity contribution in [3.63, 3.8) is 0 Å². The van der Waals surface area contributed by atoms with Gasteiger partial charge in [-0.15, -0.1) is 0 Å². The number of nitrogens with zero attached hydrogens (tertiary/aromatic N) is 6. The number of aromatic hydroxyl groups is 1. The zero-order chi connectivity index (χ0) is 25.0. The van der Waals surface area contributed by atoms with Gasteiger partial charge in [-0.1, -0.05) is 29.8 Å². The number of phenolic OH excluding ortho intramolecular Hbond substituents is 1. The molecule has 0 unspecified atom stereocenters. The Labute approximate surface area is 189 Å². The van der Waals surface area contributed by atoms with Gasteiger partial charge in [0.2, 0.25) is 11.4 Å². The Hall–Kier alpha value is -5.21. The lowest BCUT2D eigenvalue weighted by Crippen LogP contribution is -2.19. The highest BCUT2D eigenvalue weighted by Crippen LogP contribution is 2.33. The van der Waals surface area contributed by atoms with Crippen LogP contribution in [0.1, 0.15) is 27.2 Å². The van der Waals surface area contributed by atoms with E-state index in [0.717, 1.165) is 29.6 Å². The largest absolute Gasteiger partial charge is 0.502 e. The summed E-state index contributed by atoms with van der Waals surface area (Å²) < 4.78 is 1.21. The van der Waals surface area contributed by atoms with E-state index in [2.05, 4.69) is 10.2 Å². The first-order valence-electron chi connectivity index (χ1n) is 9.33. The molecule has 0 aliphatic carbocycles. The Morgan fingerprint density at radius 2 is 1.82 bits per heavy atom. The number of nitro groups is 3. The summed E-state index contributed by atoms with van der Waals surface area (Å²) in [6, 6.07) is 8.68. The molecule has 15 nitrogen and oxygen atoms in total. The molecule has 15 heteroatoms. The number of hydrogen-bond acceptors (Lipinski definition) is 10. The summed E-state index contributed by atoms with van der Waals surface area (Å²) in [6.07, 6.45) is 1.81. The van der Waals surface area contributed by atoms with Gasteiger partial charge in [-0.2, -0.15) is 10.2 Å². The van der Waals surface area contributed by atoms with Crippen molar-refractivity contribution < 1.29 is 24.7 Å². The minimum atomic E-state index is -1.08. The summed E-state index contributed by atoms with van der Waals surface area (Å²) in [4.78, 5) is 43.0. The molecule has 0 fully saturated rings. The highest BCUT2D eigenvalue weighted by atomic mass is 16.6. The number of phenols is 1. The quantitative estimate of drug-likeness (QED) is 0.281. The number of rotatable bonds is 8. The number of nitro benzene ring substituents is 2. The van der Waals surface area contributed by atoms with E-state index in [1.165, 1.54) is 4.68 Å². The fourth-order valence-corrected chi connectivity index (χ4v) is 2.97.